The number of ether oxygens (including phenoxy) is 1. The number of rotatable bonds is 1. The minimum atomic E-state index is -0.280. The van der Waals surface area contributed by atoms with Crippen molar-refractivity contribution in [2.75, 3.05) is 13.7 Å². The molecule has 1 aromatic rings. The Labute approximate surface area is 92.1 Å². The summed E-state index contributed by atoms with van der Waals surface area (Å²) in [7, 11) is 1.39. The number of methoxy groups -OCH3 is 1. The number of amides is 1. The van der Waals surface area contributed by atoms with Gasteiger partial charge in [0.05, 0.1) is 20.3 Å². The fourth-order valence-electron chi connectivity index (χ4n) is 1.76. The van der Waals surface area contributed by atoms with E-state index in [2.05, 4.69) is 4.74 Å². The van der Waals surface area contributed by atoms with Crippen molar-refractivity contribution in [2.24, 2.45) is 0 Å². The predicted molar refractivity (Wildman–Crippen MR) is 56.8 cm³/mol. The highest BCUT2D eigenvalue weighted by Gasteiger charge is 2.22. The molecule has 1 aromatic heterocycles. The van der Waals surface area contributed by atoms with E-state index >= 15 is 0 Å². The molecule has 5 heteroatoms. The van der Waals surface area contributed by atoms with Gasteiger partial charge in [-0.15, -0.1) is 11.3 Å². The highest BCUT2D eigenvalue weighted by atomic mass is 32.1. The van der Waals surface area contributed by atoms with Crippen molar-refractivity contribution in [1.29, 1.82) is 0 Å². The number of hydrogen-bond acceptors (Lipinski definition) is 4. The number of nitrogens with zero attached hydrogens (tertiary/aromatic N) is 1. The van der Waals surface area contributed by atoms with Crippen LogP contribution in [0, 0.1) is 0 Å². The summed E-state index contributed by atoms with van der Waals surface area (Å²) in [4.78, 5) is 15.2. The topological polar surface area (TPSA) is 49.8 Å². The van der Waals surface area contributed by atoms with Crippen molar-refractivity contribution in [3.8, 4) is 0 Å². The van der Waals surface area contributed by atoms with Gasteiger partial charge < -0.3 is 14.7 Å². The van der Waals surface area contributed by atoms with Crippen molar-refractivity contribution in [1.82, 2.24) is 4.90 Å². The first kappa shape index (κ1) is 10.4. The van der Waals surface area contributed by atoms with E-state index in [-0.39, 0.29) is 12.7 Å². The zero-order valence-electron chi connectivity index (χ0n) is 8.52. The van der Waals surface area contributed by atoms with Crippen molar-refractivity contribution in [2.45, 2.75) is 19.6 Å². The second-order valence-electron chi connectivity index (χ2n) is 3.46. The Kier molecular flexibility index (Phi) is 2.93. The number of carbonyl (C=O) groups is 1. The molecule has 1 aliphatic heterocycles. The van der Waals surface area contributed by atoms with Gasteiger partial charge in [0.1, 0.15) is 0 Å². The van der Waals surface area contributed by atoms with Gasteiger partial charge in [0.25, 0.3) is 0 Å². The van der Waals surface area contributed by atoms with Crippen LogP contribution in [0.1, 0.15) is 15.3 Å². The van der Waals surface area contributed by atoms with E-state index in [1.807, 2.05) is 6.07 Å². The van der Waals surface area contributed by atoms with E-state index in [1.54, 1.807) is 16.2 Å². The standard InChI is InChI=1S/C10H13NO3S/c1-14-10(13)11-3-2-9-7(5-11)4-8(6-12)15-9/h4,12H,2-3,5-6H2,1H3. The van der Waals surface area contributed by atoms with Gasteiger partial charge in [0.15, 0.2) is 0 Å². The fraction of sp³-hybridized carbons (Fsp3) is 0.500. The maximum absolute atomic E-state index is 11.3. The van der Waals surface area contributed by atoms with Crippen LogP contribution in [-0.2, 0) is 24.3 Å². The monoisotopic (exact) mass is 227 g/mol. The zero-order valence-corrected chi connectivity index (χ0v) is 9.34. The van der Waals surface area contributed by atoms with Crippen LogP contribution in [0.2, 0.25) is 0 Å². The number of aliphatic hydroxyl groups excluding tert-OH is 1. The molecule has 0 unspecified atom stereocenters. The minimum Gasteiger partial charge on any atom is -0.453 e. The molecule has 0 bridgehead atoms. The number of fused-ring (bicyclic) bond motifs is 1. The Morgan fingerprint density at radius 3 is 3.20 bits per heavy atom. The molecule has 1 N–H and O–H groups in total. The van der Waals surface area contributed by atoms with Crippen LogP contribution >= 0.6 is 11.3 Å². The quantitative estimate of drug-likeness (QED) is 0.788. The summed E-state index contributed by atoms with van der Waals surface area (Å²) < 4.78 is 4.68. The Hall–Kier alpha value is -1.07. The van der Waals surface area contributed by atoms with E-state index in [0.29, 0.717) is 13.1 Å². The molecule has 0 atom stereocenters. The van der Waals surface area contributed by atoms with E-state index in [0.717, 1.165) is 16.9 Å². The first-order chi connectivity index (χ1) is 7.24. The van der Waals surface area contributed by atoms with Crippen molar-refractivity contribution in [3.63, 3.8) is 0 Å². The third-order valence-corrected chi connectivity index (χ3v) is 3.73. The van der Waals surface area contributed by atoms with Gasteiger partial charge in [-0.1, -0.05) is 0 Å². The molecule has 0 radical (unpaired) electrons. The lowest BCUT2D eigenvalue weighted by Crippen LogP contribution is -2.35. The minimum absolute atomic E-state index is 0.0793. The molecule has 15 heavy (non-hydrogen) atoms. The van der Waals surface area contributed by atoms with Crippen LogP contribution in [0.5, 0.6) is 0 Å². The van der Waals surface area contributed by atoms with Gasteiger partial charge >= 0.3 is 6.09 Å². The van der Waals surface area contributed by atoms with Gasteiger partial charge in [-0.25, -0.2) is 4.79 Å². The number of carbonyl (C=O) groups excluding carboxylic acids is 1. The highest BCUT2D eigenvalue weighted by Crippen LogP contribution is 2.28. The van der Waals surface area contributed by atoms with Gasteiger partial charge in [0.2, 0.25) is 0 Å². The number of aliphatic hydroxyl groups is 1. The fourth-order valence-corrected chi connectivity index (χ4v) is 2.79. The van der Waals surface area contributed by atoms with Crippen LogP contribution in [0.4, 0.5) is 4.79 Å². The summed E-state index contributed by atoms with van der Waals surface area (Å²) in [6.45, 7) is 1.37. The summed E-state index contributed by atoms with van der Waals surface area (Å²) in [5, 5.41) is 9.01. The second kappa shape index (κ2) is 4.20. The highest BCUT2D eigenvalue weighted by molar-refractivity contribution is 7.12. The molecule has 1 amide bonds. The summed E-state index contributed by atoms with van der Waals surface area (Å²) in [6, 6.07) is 1.97. The lowest BCUT2D eigenvalue weighted by atomic mass is 10.1. The Balaban J connectivity index is 2.15. The van der Waals surface area contributed by atoms with E-state index < -0.39 is 0 Å². The molecule has 0 saturated heterocycles. The summed E-state index contributed by atoms with van der Waals surface area (Å²) in [5.74, 6) is 0. The number of hydrogen-bond donors (Lipinski definition) is 1. The molecule has 0 fully saturated rings. The van der Waals surface area contributed by atoms with E-state index in [4.69, 9.17) is 5.11 Å². The summed E-state index contributed by atoms with van der Waals surface area (Å²) in [5.41, 5.74) is 1.14. The Morgan fingerprint density at radius 1 is 1.73 bits per heavy atom. The molecule has 2 heterocycles. The second-order valence-corrected chi connectivity index (χ2v) is 4.68. The van der Waals surface area contributed by atoms with Crippen molar-refractivity contribution >= 4 is 17.4 Å². The molecular weight excluding hydrogens is 214 g/mol. The average Bonchev–Trinajstić information content (AvgIpc) is 2.69. The SMILES string of the molecule is COC(=O)N1CCc2sc(CO)cc2C1. The molecule has 0 aliphatic carbocycles. The van der Waals surface area contributed by atoms with E-state index in [9.17, 15) is 4.79 Å². The predicted octanol–water partition coefficient (Wildman–Crippen LogP) is 1.36. The van der Waals surface area contributed by atoms with Crippen molar-refractivity contribution < 1.29 is 14.6 Å². The largest absolute Gasteiger partial charge is 0.453 e. The summed E-state index contributed by atoms with van der Waals surface area (Å²) in [6.07, 6.45) is 0.576. The maximum Gasteiger partial charge on any atom is 0.409 e. The Morgan fingerprint density at radius 2 is 2.53 bits per heavy atom. The molecule has 0 aromatic carbocycles. The first-order valence-electron chi connectivity index (χ1n) is 4.79. The lowest BCUT2D eigenvalue weighted by Gasteiger charge is -2.25. The normalized spacial score (nSPS) is 14.9. The third-order valence-electron chi connectivity index (χ3n) is 2.51. The molecule has 4 nitrogen and oxygen atoms in total. The van der Waals surface area contributed by atoms with Crippen LogP contribution in [0.25, 0.3) is 0 Å². The molecule has 82 valence electrons. The molecule has 0 saturated carbocycles. The molecule has 2 rings (SSSR count). The van der Waals surface area contributed by atoms with Crippen LogP contribution in [0.15, 0.2) is 6.07 Å². The average molecular weight is 227 g/mol. The van der Waals surface area contributed by atoms with Gasteiger partial charge in [-0.05, 0) is 18.1 Å². The third kappa shape index (κ3) is 1.98. The van der Waals surface area contributed by atoms with E-state index in [1.165, 1.54) is 12.0 Å². The smallest absolute Gasteiger partial charge is 0.409 e. The van der Waals surface area contributed by atoms with Gasteiger partial charge in [-0.3, -0.25) is 0 Å². The summed E-state index contributed by atoms with van der Waals surface area (Å²) >= 11 is 1.63. The molecule has 1 aliphatic rings. The molecular formula is C10H13NO3S. The zero-order chi connectivity index (χ0) is 10.8. The Bertz CT molecular complexity index is 375. The van der Waals surface area contributed by atoms with Crippen LogP contribution < -0.4 is 0 Å². The van der Waals surface area contributed by atoms with Gasteiger partial charge in [-0.2, -0.15) is 0 Å². The maximum atomic E-state index is 11.3. The van der Waals surface area contributed by atoms with Crippen molar-refractivity contribution in [3.05, 3.63) is 21.4 Å². The van der Waals surface area contributed by atoms with Crippen LogP contribution in [-0.4, -0.2) is 29.8 Å². The number of thiophene rings is 1. The van der Waals surface area contributed by atoms with Crippen LogP contribution in [0.3, 0.4) is 0 Å². The van der Waals surface area contributed by atoms with Gasteiger partial charge in [0, 0.05) is 16.3 Å². The molecule has 0 spiro atoms. The lowest BCUT2D eigenvalue weighted by molar-refractivity contribution is 0.119. The first-order valence-corrected chi connectivity index (χ1v) is 5.60.